The van der Waals surface area contributed by atoms with Gasteiger partial charge in [-0.25, -0.2) is 0 Å². The molecule has 3 aromatic carbocycles. The van der Waals surface area contributed by atoms with Crippen LogP contribution in [0.2, 0.25) is 0 Å². The summed E-state index contributed by atoms with van der Waals surface area (Å²) in [5.41, 5.74) is 7.14. The number of hydrogen-bond donors (Lipinski definition) is 0. The quantitative estimate of drug-likeness (QED) is 0.601. The molecule has 2 bridgehead atoms. The Morgan fingerprint density at radius 2 is 1.30 bits per heavy atom. The zero-order valence-corrected chi connectivity index (χ0v) is 15.1. The van der Waals surface area contributed by atoms with Gasteiger partial charge in [0.15, 0.2) is 5.90 Å². The average molecular weight is 351 g/mol. The van der Waals surface area contributed by atoms with Crippen LogP contribution in [0.1, 0.15) is 52.2 Å². The van der Waals surface area contributed by atoms with Gasteiger partial charge in [-0.1, -0.05) is 78.9 Å². The Balaban J connectivity index is 1.39. The van der Waals surface area contributed by atoms with Gasteiger partial charge in [0.2, 0.25) is 0 Å². The molecule has 0 radical (unpaired) electrons. The van der Waals surface area contributed by atoms with Gasteiger partial charge < -0.3 is 4.74 Å². The first-order valence-corrected chi connectivity index (χ1v) is 9.84. The Morgan fingerprint density at radius 3 is 1.96 bits per heavy atom. The first kappa shape index (κ1) is 15.2. The van der Waals surface area contributed by atoms with E-state index in [1.165, 1.54) is 27.8 Å². The molecule has 2 heteroatoms. The summed E-state index contributed by atoms with van der Waals surface area (Å²) in [7, 11) is 0. The lowest BCUT2D eigenvalue weighted by Crippen LogP contribution is -2.36. The summed E-state index contributed by atoms with van der Waals surface area (Å²) < 4.78 is 6.42. The van der Waals surface area contributed by atoms with Crippen molar-refractivity contribution in [2.24, 2.45) is 10.9 Å². The van der Waals surface area contributed by atoms with E-state index in [4.69, 9.17) is 9.73 Å². The SMILES string of the molecule is c1ccc(C2CN=C(C3CC4c5ccccc5C3c3ccccc34)O2)cc1. The molecule has 0 fully saturated rings. The maximum Gasteiger partial charge on any atom is 0.188 e. The molecule has 2 atom stereocenters. The van der Waals surface area contributed by atoms with Crippen LogP contribution in [-0.4, -0.2) is 12.4 Å². The van der Waals surface area contributed by atoms with E-state index in [0.717, 1.165) is 18.9 Å². The molecule has 132 valence electrons. The second-order valence-electron chi connectivity index (χ2n) is 7.83. The minimum atomic E-state index is 0.0622. The highest BCUT2D eigenvalue weighted by Gasteiger charge is 2.46. The lowest BCUT2D eigenvalue weighted by molar-refractivity contribution is 0.205. The summed E-state index contributed by atoms with van der Waals surface area (Å²) in [6.45, 7) is 0.733. The molecule has 3 aliphatic carbocycles. The van der Waals surface area contributed by atoms with Gasteiger partial charge in [0, 0.05) is 17.8 Å². The minimum absolute atomic E-state index is 0.0622. The van der Waals surface area contributed by atoms with E-state index in [1.54, 1.807) is 0 Å². The number of hydrogen-bond acceptors (Lipinski definition) is 2. The van der Waals surface area contributed by atoms with Crippen LogP contribution in [0.3, 0.4) is 0 Å². The van der Waals surface area contributed by atoms with Crippen LogP contribution in [0, 0.1) is 5.92 Å². The van der Waals surface area contributed by atoms with E-state index >= 15 is 0 Å². The monoisotopic (exact) mass is 351 g/mol. The summed E-state index contributed by atoms with van der Waals surface area (Å²) in [6, 6.07) is 28.4. The number of benzene rings is 3. The number of fused-ring (bicyclic) bond motifs is 1. The number of nitrogens with zero attached hydrogens (tertiary/aromatic N) is 1. The second-order valence-corrected chi connectivity index (χ2v) is 7.83. The van der Waals surface area contributed by atoms with E-state index in [-0.39, 0.29) is 6.10 Å². The maximum atomic E-state index is 6.42. The first-order chi connectivity index (χ1) is 13.4. The summed E-state index contributed by atoms with van der Waals surface area (Å²) in [4.78, 5) is 4.88. The van der Waals surface area contributed by atoms with E-state index in [0.29, 0.717) is 17.8 Å². The van der Waals surface area contributed by atoms with Gasteiger partial charge in [0.05, 0.1) is 6.54 Å². The van der Waals surface area contributed by atoms with Crippen molar-refractivity contribution in [2.45, 2.75) is 24.4 Å². The highest BCUT2D eigenvalue weighted by atomic mass is 16.5. The van der Waals surface area contributed by atoms with Gasteiger partial charge in [-0.15, -0.1) is 0 Å². The maximum absolute atomic E-state index is 6.42. The molecule has 0 saturated carbocycles. The molecule has 4 aliphatic rings. The van der Waals surface area contributed by atoms with Crippen molar-refractivity contribution in [3.63, 3.8) is 0 Å². The molecule has 3 aromatic rings. The van der Waals surface area contributed by atoms with Crippen LogP contribution in [0.5, 0.6) is 0 Å². The largest absolute Gasteiger partial charge is 0.471 e. The molecular formula is C25H21NO. The smallest absolute Gasteiger partial charge is 0.188 e. The van der Waals surface area contributed by atoms with Gasteiger partial charge >= 0.3 is 0 Å². The van der Waals surface area contributed by atoms with Gasteiger partial charge in [0.25, 0.3) is 0 Å². The summed E-state index contributed by atoms with van der Waals surface area (Å²) >= 11 is 0. The minimum Gasteiger partial charge on any atom is -0.471 e. The summed E-state index contributed by atoms with van der Waals surface area (Å²) in [5, 5.41) is 0. The molecule has 27 heavy (non-hydrogen) atoms. The van der Waals surface area contributed by atoms with Crippen LogP contribution >= 0.6 is 0 Å². The number of rotatable bonds is 2. The van der Waals surface area contributed by atoms with Gasteiger partial charge in [0.1, 0.15) is 6.10 Å². The lowest BCUT2D eigenvalue weighted by Gasteiger charge is -2.45. The van der Waals surface area contributed by atoms with Gasteiger partial charge in [-0.3, -0.25) is 4.99 Å². The van der Waals surface area contributed by atoms with Crippen molar-refractivity contribution in [1.82, 2.24) is 0 Å². The Bertz CT molecular complexity index is 991. The molecule has 0 N–H and O–H groups in total. The third-order valence-electron chi connectivity index (χ3n) is 6.47. The predicted octanol–water partition coefficient (Wildman–Crippen LogP) is 5.45. The Kier molecular flexibility index (Phi) is 3.28. The molecule has 1 aliphatic heterocycles. The van der Waals surface area contributed by atoms with Crippen molar-refractivity contribution in [1.29, 1.82) is 0 Å². The standard InChI is InChI=1S/C25H21NO/c1-2-8-16(9-3-1)23-15-26-25(27-23)22-14-21-17-10-4-6-12-19(17)24(22)20-13-7-5-11-18(20)21/h1-13,21-24H,14-15H2. The molecule has 2 nitrogen and oxygen atoms in total. The zero-order valence-electron chi connectivity index (χ0n) is 15.1. The molecule has 1 heterocycles. The Morgan fingerprint density at radius 1 is 0.704 bits per heavy atom. The predicted molar refractivity (Wildman–Crippen MR) is 107 cm³/mol. The van der Waals surface area contributed by atoms with E-state index in [2.05, 4.69) is 72.8 Å². The lowest BCUT2D eigenvalue weighted by atomic mass is 9.59. The van der Waals surface area contributed by atoms with Crippen molar-refractivity contribution >= 4 is 5.90 Å². The topological polar surface area (TPSA) is 21.6 Å². The fraction of sp³-hybridized carbons (Fsp3) is 0.240. The van der Waals surface area contributed by atoms with E-state index < -0.39 is 0 Å². The third kappa shape index (κ3) is 2.22. The normalized spacial score (nSPS) is 27.5. The van der Waals surface area contributed by atoms with Crippen molar-refractivity contribution in [3.8, 4) is 0 Å². The van der Waals surface area contributed by atoms with Crippen LogP contribution in [0.15, 0.2) is 83.9 Å². The molecule has 0 spiro atoms. The van der Waals surface area contributed by atoms with Crippen LogP contribution in [0.4, 0.5) is 0 Å². The fourth-order valence-electron chi connectivity index (χ4n) is 5.32. The first-order valence-electron chi connectivity index (χ1n) is 9.84. The summed E-state index contributed by atoms with van der Waals surface area (Å²) in [6.07, 6.45) is 1.16. The molecular weight excluding hydrogens is 330 g/mol. The highest BCUT2D eigenvalue weighted by Crippen LogP contribution is 2.56. The Labute approximate surface area is 159 Å². The second kappa shape index (κ2) is 5.82. The van der Waals surface area contributed by atoms with Crippen LogP contribution in [-0.2, 0) is 4.74 Å². The molecule has 0 aromatic heterocycles. The Hall–Kier alpha value is -2.87. The van der Waals surface area contributed by atoms with E-state index in [1.807, 2.05) is 6.07 Å². The number of aliphatic imine (C=N–C) groups is 1. The highest BCUT2D eigenvalue weighted by molar-refractivity contribution is 5.84. The van der Waals surface area contributed by atoms with Crippen molar-refractivity contribution in [3.05, 3.63) is 107 Å². The van der Waals surface area contributed by atoms with E-state index in [9.17, 15) is 0 Å². The molecule has 0 amide bonds. The van der Waals surface area contributed by atoms with Crippen molar-refractivity contribution in [2.75, 3.05) is 6.54 Å². The van der Waals surface area contributed by atoms with Crippen LogP contribution in [0.25, 0.3) is 0 Å². The summed E-state index contributed by atoms with van der Waals surface area (Å²) in [5.74, 6) is 2.11. The molecule has 2 unspecified atom stereocenters. The molecule has 7 rings (SSSR count). The number of ether oxygens (including phenoxy) is 1. The molecule has 0 saturated heterocycles. The third-order valence-corrected chi connectivity index (χ3v) is 6.47. The zero-order chi connectivity index (χ0) is 17.8. The van der Waals surface area contributed by atoms with Gasteiger partial charge in [-0.05, 0) is 34.2 Å². The van der Waals surface area contributed by atoms with Crippen LogP contribution < -0.4 is 0 Å². The van der Waals surface area contributed by atoms with Crippen molar-refractivity contribution < 1.29 is 4.74 Å². The van der Waals surface area contributed by atoms with Gasteiger partial charge in [-0.2, -0.15) is 0 Å². The fourth-order valence-corrected chi connectivity index (χ4v) is 5.32. The average Bonchev–Trinajstić information content (AvgIpc) is 3.25.